The Balaban J connectivity index is 1.83. The summed E-state index contributed by atoms with van der Waals surface area (Å²) >= 11 is 10.3. The molecule has 0 unspecified atom stereocenters. The van der Waals surface area contributed by atoms with E-state index in [1.165, 1.54) is 24.3 Å². The number of nitrogens with one attached hydrogen (secondary N) is 4. The number of hydrogen-bond donors (Lipinski definition) is 4. The fourth-order valence-electron chi connectivity index (χ4n) is 2.60. The van der Waals surface area contributed by atoms with Crippen molar-refractivity contribution >= 4 is 46.0 Å². The van der Waals surface area contributed by atoms with Crippen molar-refractivity contribution in [2.24, 2.45) is 5.41 Å². The van der Waals surface area contributed by atoms with Gasteiger partial charge in [-0.2, -0.15) is 26.3 Å². The minimum Gasteiger partial charge on any atom is -0.362 e. The van der Waals surface area contributed by atoms with Gasteiger partial charge in [0.05, 0.1) is 11.1 Å². The van der Waals surface area contributed by atoms with Gasteiger partial charge in [-0.1, -0.05) is 26.0 Å². The summed E-state index contributed by atoms with van der Waals surface area (Å²) < 4.78 is 76.9. The van der Waals surface area contributed by atoms with E-state index in [2.05, 4.69) is 21.3 Å². The number of anilines is 2. The summed E-state index contributed by atoms with van der Waals surface area (Å²) in [4.78, 5) is 0. The van der Waals surface area contributed by atoms with Crippen LogP contribution in [-0.2, 0) is 12.4 Å². The number of benzene rings is 2. The molecule has 4 nitrogen and oxygen atoms in total. The molecule has 0 saturated heterocycles. The van der Waals surface area contributed by atoms with Crippen LogP contribution in [0.4, 0.5) is 37.7 Å². The summed E-state index contributed by atoms with van der Waals surface area (Å²) in [6.45, 7) is 4.45. The summed E-state index contributed by atoms with van der Waals surface area (Å²) in [7, 11) is 0. The zero-order chi connectivity index (χ0) is 24.9. The predicted octanol–water partition coefficient (Wildman–Crippen LogP) is 6.02. The molecule has 33 heavy (non-hydrogen) atoms. The van der Waals surface area contributed by atoms with Crippen molar-refractivity contribution in [3.05, 3.63) is 59.7 Å². The molecular formula is C21H22F6N4S2. The Hall–Kier alpha value is -2.60. The average Bonchev–Trinajstić information content (AvgIpc) is 2.70. The minimum absolute atomic E-state index is 0.145. The summed E-state index contributed by atoms with van der Waals surface area (Å²) in [5.41, 5.74) is -1.60. The number of halogens is 6. The lowest BCUT2D eigenvalue weighted by atomic mass is 9.93. The molecule has 0 aromatic heterocycles. The monoisotopic (exact) mass is 508 g/mol. The lowest BCUT2D eigenvalue weighted by Crippen LogP contribution is -2.44. The normalized spacial score (nSPS) is 12.1. The third kappa shape index (κ3) is 9.04. The van der Waals surface area contributed by atoms with Crippen molar-refractivity contribution in [2.45, 2.75) is 26.2 Å². The van der Waals surface area contributed by atoms with Gasteiger partial charge in [0.15, 0.2) is 10.2 Å². The smallest absolute Gasteiger partial charge is 0.362 e. The second kappa shape index (κ2) is 10.6. The fourth-order valence-corrected chi connectivity index (χ4v) is 2.98. The first-order chi connectivity index (χ1) is 15.2. The van der Waals surface area contributed by atoms with Crippen LogP contribution < -0.4 is 21.3 Å². The highest BCUT2D eigenvalue weighted by molar-refractivity contribution is 7.80. The van der Waals surface area contributed by atoms with Crippen LogP contribution in [0.2, 0.25) is 0 Å². The Labute approximate surface area is 198 Å². The molecule has 0 bridgehead atoms. The molecule has 12 heteroatoms. The van der Waals surface area contributed by atoms with Crippen LogP contribution in [-0.4, -0.2) is 23.3 Å². The van der Waals surface area contributed by atoms with Crippen LogP contribution in [0.25, 0.3) is 0 Å². The maximum Gasteiger partial charge on any atom is 0.416 e. The molecule has 0 aliphatic heterocycles. The molecule has 0 aliphatic rings. The van der Waals surface area contributed by atoms with E-state index in [0.717, 1.165) is 24.3 Å². The maximum absolute atomic E-state index is 12.8. The number of alkyl halides is 6. The van der Waals surface area contributed by atoms with Gasteiger partial charge in [-0.3, -0.25) is 0 Å². The highest BCUT2D eigenvalue weighted by Crippen LogP contribution is 2.31. The van der Waals surface area contributed by atoms with Crippen LogP contribution in [0.3, 0.4) is 0 Å². The third-order valence-corrected chi connectivity index (χ3v) is 4.84. The molecule has 0 atom stereocenters. The van der Waals surface area contributed by atoms with Gasteiger partial charge in [0.25, 0.3) is 0 Å². The molecule has 0 aliphatic carbocycles. The molecule has 2 rings (SSSR count). The van der Waals surface area contributed by atoms with Gasteiger partial charge in [-0.15, -0.1) is 0 Å². The topological polar surface area (TPSA) is 48.1 Å². The van der Waals surface area contributed by atoms with Crippen LogP contribution >= 0.6 is 24.4 Å². The minimum atomic E-state index is -4.46. The van der Waals surface area contributed by atoms with E-state index < -0.39 is 28.9 Å². The van der Waals surface area contributed by atoms with E-state index in [1.807, 2.05) is 13.8 Å². The van der Waals surface area contributed by atoms with Gasteiger partial charge in [-0.05, 0) is 66.2 Å². The van der Waals surface area contributed by atoms with Gasteiger partial charge in [0.2, 0.25) is 0 Å². The summed E-state index contributed by atoms with van der Waals surface area (Å²) in [6, 6.07) is 9.33. The van der Waals surface area contributed by atoms with Gasteiger partial charge >= 0.3 is 12.4 Å². The molecule has 0 radical (unpaired) electrons. The summed E-state index contributed by atoms with van der Waals surface area (Å²) in [6.07, 6.45) is -8.91. The summed E-state index contributed by atoms with van der Waals surface area (Å²) in [5, 5.41) is 11.6. The standard InChI is InChI=1S/C21H22F6N4S2/c1-19(2,11-28-17(32)30-15-7-3-5-13(9-15)20(22,23)24)12-29-18(33)31-16-8-4-6-14(10-16)21(25,26)27/h3-10H,11-12H2,1-2H3,(H2,28,30,32)(H2,29,31,33). The van der Waals surface area contributed by atoms with Crippen LogP contribution in [0.15, 0.2) is 48.5 Å². The molecule has 4 N–H and O–H groups in total. The number of rotatable bonds is 6. The zero-order valence-corrected chi connectivity index (χ0v) is 19.3. The molecule has 0 heterocycles. The maximum atomic E-state index is 12.8. The van der Waals surface area contributed by atoms with Gasteiger partial charge < -0.3 is 21.3 Å². The molecule has 0 amide bonds. The average molecular weight is 509 g/mol. The van der Waals surface area contributed by atoms with E-state index >= 15 is 0 Å². The molecule has 2 aromatic rings. The Bertz CT molecular complexity index is 912. The second-order valence-corrected chi connectivity index (χ2v) is 8.75. The zero-order valence-electron chi connectivity index (χ0n) is 17.6. The van der Waals surface area contributed by atoms with Gasteiger partial charge in [-0.25, -0.2) is 0 Å². The van der Waals surface area contributed by atoms with Crippen LogP contribution in [0.5, 0.6) is 0 Å². The predicted molar refractivity (Wildman–Crippen MR) is 125 cm³/mol. The highest BCUT2D eigenvalue weighted by Gasteiger charge is 2.31. The van der Waals surface area contributed by atoms with Crippen LogP contribution in [0, 0.1) is 5.41 Å². The SMILES string of the molecule is CC(C)(CNC(=S)Nc1cccc(C(F)(F)F)c1)CNC(=S)Nc1cccc(C(F)(F)F)c1. The van der Waals surface area contributed by atoms with E-state index in [9.17, 15) is 26.3 Å². The molecule has 180 valence electrons. The van der Waals surface area contributed by atoms with Crippen molar-refractivity contribution < 1.29 is 26.3 Å². The van der Waals surface area contributed by atoms with Crippen molar-refractivity contribution in [1.29, 1.82) is 0 Å². The van der Waals surface area contributed by atoms with Crippen molar-refractivity contribution in [2.75, 3.05) is 23.7 Å². The Morgan fingerprint density at radius 3 is 1.39 bits per heavy atom. The first-order valence-corrected chi connectivity index (χ1v) is 10.4. The first kappa shape index (κ1) is 26.7. The molecular weight excluding hydrogens is 486 g/mol. The molecule has 0 saturated carbocycles. The van der Waals surface area contributed by atoms with Gasteiger partial charge in [0.1, 0.15) is 0 Å². The number of thiocarbonyl (C=S) groups is 2. The molecule has 0 spiro atoms. The first-order valence-electron chi connectivity index (χ1n) is 9.60. The lowest BCUT2D eigenvalue weighted by Gasteiger charge is -2.27. The highest BCUT2D eigenvalue weighted by atomic mass is 32.1. The van der Waals surface area contributed by atoms with E-state index in [4.69, 9.17) is 24.4 Å². The van der Waals surface area contributed by atoms with Crippen molar-refractivity contribution in [3.63, 3.8) is 0 Å². The largest absolute Gasteiger partial charge is 0.416 e. The van der Waals surface area contributed by atoms with E-state index in [1.54, 1.807) is 0 Å². The molecule has 0 fully saturated rings. The van der Waals surface area contributed by atoms with Crippen LogP contribution in [0.1, 0.15) is 25.0 Å². The second-order valence-electron chi connectivity index (χ2n) is 7.94. The van der Waals surface area contributed by atoms with Gasteiger partial charge in [0, 0.05) is 24.5 Å². The van der Waals surface area contributed by atoms with Crippen molar-refractivity contribution in [3.8, 4) is 0 Å². The van der Waals surface area contributed by atoms with Crippen molar-refractivity contribution in [1.82, 2.24) is 10.6 Å². The molecule has 2 aromatic carbocycles. The Morgan fingerprint density at radius 2 is 1.06 bits per heavy atom. The third-order valence-electron chi connectivity index (χ3n) is 4.35. The Morgan fingerprint density at radius 1 is 0.697 bits per heavy atom. The van der Waals surface area contributed by atoms with E-state index in [0.29, 0.717) is 13.1 Å². The fraction of sp³-hybridized carbons (Fsp3) is 0.333. The Kier molecular flexibility index (Phi) is 8.52. The van der Waals surface area contributed by atoms with E-state index in [-0.39, 0.29) is 21.6 Å². The number of hydrogen-bond acceptors (Lipinski definition) is 2. The quantitative estimate of drug-likeness (QED) is 0.283. The summed E-state index contributed by atoms with van der Waals surface area (Å²) in [5.74, 6) is 0. The lowest BCUT2D eigenvalue weighted by molar-refractivity contribution is -0.138.